The molecule has 1 aromatic carbocycles. The molecule has 0 radical (unpaired) electrons. The zero-order chi connectivity index (χ0) is 23.6. The van der Waals surface area contributed by atoms with Crippen LogP contribution in [0, 0.1) is 16.7 Å². The normalized spacial score (nSPS) is 21.5. The second kappa shape index (κ2) is 9.37. The van der Waals surface area contributed by atoms with E-state index >= 15 is 0 Å². The van der Waals surface area contributed by atoms with Gasteiger partial charge in [-0.1, -0.05) is 20.8 Å². The average molecular weight is 443 g/mol. The Labute approximate surface area is 190 Å². The largest absolute Gasteiger partial charge is 0.493 e. The van der Waals surface area contributed by atoms with Crippen LogP contribution in [0.4, 0.5) is 0 Å². The molecule has 1 saturated heterocycles. The van der Waals surface area contributed by atoms with E-state index in [0.717, 1.165) is 17.5 Å². The number of nitrogens with two attached hydrogens (primary N) is 1. The monoisotopic (exact) mass is 442 g/mol. The van der Waals surface area contributed by atoms with Crippen LogP contribution >= 0.6 is 0 Å². The van der Waals surface area contributed by atoms with Gasteiger partial charge in [0.2, 0.25) is 11.8 Å². The van der Waals surface area contributed by atoms with Gasteiger partial charge in [0.25, 0.3) is 0 Å². The molecule has 3 atom stereocenters. The highest BCUT2D eigenvalue weighted by Crippen LogP contribution is 2.45. The summed E-state index contributed by atoms with van der Waals surface area (Å²) in [6.45, 7) is 7.33. The van der Waals surface area contributed by atoms with Crippen molar-refractivity contribution in [3.05, 3.63) is 23.3 Å². The molecule has 0 aromatic heterocycles. The zero-order valence-electron chi connectivity index (χ0n) is 19.7. The summed E-state index contributed by atoms with van der Waals surface area (Å²) in [5, 5.41) is 9.27. The van der Waals surface area contributed by atoms with E-state index in [2.05, 4.69) is 26.8 Å². The van der Waals surface area contributed by atoms with Gasteiger partial charge in [-0.3, -0.25) is 9.59 Å². The number of rotatable bonds is 5. The minimum Gasteiger partial charge on any atom is -0.493 e. The van der Waals surface area contributed by atoms with Crippen LogP contribution in [0.1, 0.15) is 57.2 Å². The number of methoxy groups -OCH3 is 2. The molecule has 2 N–H and O–H groups in total. The van der Waals surface area contributed by atoms with Crippen molar-refractivity contribution in [2.75, 3.05) is 27.3 Å². The molecule has 2 aliphatic rings. The number of likely N-dealkylation sites (tertiary alicyclic amines) is 1. The quantitative estimate of drug-likeness (QED) is 0.750. The summed E-state index contributed by atoms with van der Waals surface area (Å²) in [6, 6.07) is 4.50. The molecule has 3 rings (SSSR count). The third-order valence-corrected chi connectivity index (χ3v) is 6.41. The molecule has 0 spiro atoms. The van der Waals surface area contributed by atoms with Gasteiger partial charge in [-0.15, -0.1) is 0 Å². The van der Waals surface area contributed by atoms with E-state index in [1.54, 1.807) is 14.2 Å². The molecule has 174 valence electrons. The van der Waals surface area contributed by atoms with Gasteiger partial charge in [0.1, 0.15) is 6.04 Å². The number of amides is 2. The number of nitriles is 1. The van der Waals surface area contributed by atoms with Crippen LogP contribution in [0.5, 0.6) is 11.5 Å². The third-order valence-electron chi connectivity index (χ3n) is 6.41. The Balaban J connectivity index is 1.85. The Bertz CT molecular complexity index is 918. The van der Waals surface area contributed by atoms with Crippen LogP contribution in [0.2, 0.25) is 0 Å². The molecule has 2 unspecified atom stereocenters. The van der Waals surface area contributed by atoms with Gasteiger partial charge in [-0.05, 0) is 47.9 Å². The van der Waals surface area contributed by atoms with Gasteiger partial charge < -0.3 is 25.0 Å². The van der Waals surface area contributed by atoms with Crippen LogP contribution < -0.4 is 15.2 Å². The van der Waals surface area contributed by atoms with E-state index in [1.807, 2.05) is 17.0 Å². The number of carbonyl (C=O) groups excluding carboxylic acids is 2. The van der Waals surface area contributed by atoms with E-state index in [1.165, 1.54) is 4.90 Å². The second-order valence-electron chi connectivity index (χ2n) is 9.64. The van der Waals surface area contributed by atoms with Crippen molar-refractivity contribution in [3.63, 3.8) is 0 Å². The smallest absolute Gasteiger partial charge is 0.241 e. The molecule has 1 fully saturated rings. The average Bonchev–Trinajstić information content (AvgIpc) is 3.24. The summed E-state index contributed by atoms with van der Waals surface area (Å²) >= 11 is 0. The zero-order valence-corrected chi connectivity index (χ0v) is 19.7. The van der Waals surface area contributed by atoms with Gasteiger partial charge in [-0.2, -0.15) is 5.26 Å². The lowest BCUT2D eigenvalue weighted by Gasteiger charge is -2.45. The predicted molar refractivity (Wildman–Crippen MR) is 120 cm³/mol. The lowest BCUT2D eigenvalue weighted by atomic mass is 9.76. The summed E-state index contributed by atoms with van der Waals surface area (Å²) in [5.74, 6) is 0.819. The third kappa shape index (κ3) is 4.53. The van der Waals surface area contributed by atoms with E-state index in [9.17, 15) is 14.9 Å². The maximum absolute atomic E-state index is 13.4. The number of fused-ring (bicyclic) bond motifs is 1. The van der Waals surface area contributed by atoms with Crippen molar-refractivity contribution in [2.24, 2.45) is 11.1 Å². The summed E-state index contributed by atoms with van der Waals surface area (Å²) in [7, 11) is 3.21. The van der Waals surface area contributed by atoms with E-state index in [0.29, 0.717) is 37.4 Å². The van der Waals surface area contributed by atoms with Gasteiger partial charge in [-0.25, -0.2) is 0 Å². The lowest BCUT2D eigenvalue weighted by molar-refractivity contribution is -0.141. The molecular weight excluding hydrogens is 408 g/mol. The molecular formula is C24H34N4O4. The fraction of sp³-hybridized carbons (Fsp3) is 0.625. The summed E-state index contributed by atoms with van der Waals surface area (Å²) in [4.78, 5) is 29.5. The van der Waals surface area contributed by atoms with Crippen molar-refractivity contribution in [3.8, 4) is 17.6 Å². The first kappa shape index (κ1) is 23.9. The van der Waals surface area contributed by atoms with Crippen LogP contribution in [0.25, 0.3) is 0 Å². The molecule has 8 heteroatoms. The standard InChI is InChI=1S/C24H34N4O4/c1-24(2,3)22-17-12-20(32-5)19(31-4)11-15(17)8-10-28(22)21(29)13-18(26)23(30)27-9-6-7-16(27)14-25/h11-12,16,18,22H,6-10,13,26H2,1-5H3/t16-,18?,22?/m0/s1. The van der Waals surface area contributed by atoms with Crippen molar-refractivity contribution in [1.29, 1.82) is 5.26 Å². The molecule has 2 aliphatic heterocycles. The molecule has 8 nitrogen and oxygen atoms in total. The highest BCUT2D eigenvalue weighted by molar-refractivity contribution is 5.89. The fourth-order valence-electron chi connectivity index (χ4n) is 4.92. The molecule has 2 heterocycles. The number of nitrogens with zero attached hydrogens (tertiary/aromatic N) is 3. The Kier molecular flexibility index (Phi) is 6.99. The Hall–Kier alpha value is -2.79. The van der Waals surface area contributed by atoms with Crippen LogP contribution in [-0.4, -0.2) is 61.0 Å². The maximum Gasteiger partial charge on any atom is 0.241 e. The van der Waals surface area contributed by atoms with E-state index < -0.39 is 12.1 Å². The molecule has 0 bridgehead atoms. The van der Waals surface area contributed by atoms with E-state index in [-0.39, 0.29) is 29.7 Å². The van der Waals surface area contributed by atoms with Crippen molar-refractivity contribution >= 4 is 11.8 Å². The summed E-state index contributed by atoms with van der Waals surface area (Å²) in [6.07, 6.45) is 2.04. The maximum atomic E-state index is 13.4. The Morgan fingerprint density at radius 1 is 1.19 bits per heavy atom. The van der Waals surface area contributed by atoms with Crippen molar-refractivity contribution in [2.45, 2.75) is 64.6 Å². The Morgan fingerprint density at radius 3 is 2.44 bits per heavy atom. The topological polar surface area (TPSA) is 109 Å². The Morgan fingerprint density at radius 2 is 1.84 bits per heavy atom. The van der Waals surface area contributed by atoms with Gasteiger partial charge in [0.05, 0.1) is 38.8 Å². The number of hydrogen-bond donors (Lipinski definition) is 1. The molecule has 2 amide bonds. The van der Waals surface area contributed by atoms with Crippen LogP contribution in [0.15, 0.2) is 12.1 Å². The first-order chi connectivity index (χ1) is 15.1. The predicted octanol–water partition coefficient (Wildman–Crippen LogP) is 2.41. The molecule has 32 heavy (non-hydrogen) atoms. The number of ether oxygens (including phenoxy) is 2. The lowest BCUT2D eigenvalue weighted by Crippen LogP contribution is -2.50. The van der Waals surface area contributed by atoms with Crippen molar-refractivity contribution in [1.82, 2.24) is 9.80 Å². The van der Waals surface area contributed by atoms with Gasteiger partial charge in [0, 0.05) is 13.1 Å². The second-order valence-corrected chi connectivity index (χ2v) is 9.64. The first-order valence-electron chi connectivity index (χ1n) is 11.1. The minimum absolute atomic E-state index is 0.0807. The van der Waals surface area contributed by atoms with Crippen molar-refractivity contribution < 1.29 is 19.1 Å². The summed E-state index contributed by atoms with van der Waals surface area (Å²) < 4.78 is 11.0. The van der Waals surface area contributed by atoms with Crippen LogP contribution in [0.3, 0.4) is 0 Å². The van der Waals surface area contributed by atoms with E-state index in [4.69, 9.17) is 15.2 Å². The molecule has 1 aromatic rings. The molecule has 0 saturated carbocycles. The number of benzene rings is 1. The number of hydrogen-bond acceptors (Lipinski definition) is 6. The SMILES string of the molecule is COc1cc2c(cc1OC)C(C(C)(C)C)N(C(=O)CC(N)C(=O)N1CCC[C@H]1C#N)CC2. The summed E-state index contributed by atoms with van der Waals surface area (Å²) in [5.41, 5.74) is 8.07. The molecule has 0 aliphatic carbocycles. The minimum atomic E-state index is -0.955. The first-order valence-corrected chi connectivity index (χ1v) is 11.1. The van der Waals surface area contributed by atoms with Gasteiger partial charge in [0.15, 0.2) is 11.5 Å². The van der Waals surface area contributed by atoms with Gasteiger partial charge >= 0.3 is 0 Å². The fourth-order valence-corrected chi connectivity index (χ4v) is 4.92. The van der Waals surface area contributed by atoms with Crippen LogP contribution in [-0.2, 0) is 16.0 Å². The highest BCUT2D eigenvalue weighted by Gasteiger charge is 2.40. The highest BCUT2D eigenvalue weighted by atomic mass is 16.5. The number of carbonyl (C=O) groups is 2.